The van der Waals surface area contributed by atoms with Gasteiger partial charge in [-0.2, -0.15) is 0 Å². The summed E-state index contributed by atoms with van der Waals surface area (Å²) in [5, 5.41) is 2.08. The van der Waals surface area contributed by atoms with Gasteiger partial charge in [0.2, 0.25) is 0 Å². The molecule has 6 nitrogen and oxygen atoms in total. The first-order valence-corrected chi connectivity index (χ1v) is 8.44. The van der Waals surface area contributed by atoms with Crippen LogP contribution in [0.4, 0.5) is 14.9 Å². The lowest BCUT2D eigenvalue weighted by Gasteiger charge is -2.26. The Balaban J connectivity index is 1.70. The lowest BCUT2D eigenvalue weighted by molar-refractivity contribution is -0.122. The lowest BCUT2D eigenvalue weighted by Crippen LogP contribution is -2.54. The molecule has 1 aliphatic rings. The van der Waals surface area contributed by atoms with Crippen LogP contribution in [0.5, 0.6) is 0 Å². The Bertz CT molecular complexity index is 1120. The number of nitrogens with zero attached hydrogens (tertiary/aromatic N) is 2. The van der Waals surface area contributed by atoms with Crippen molar-refractivity contribution in [3.8, 4) is 5.69 Å². The van der Waals surface area contributed by atoms with Gasteiger partial charge in [0.05, 0.1) is 5.69 Å². The SMILES string of the molecule is O=C1NC(=O)N(c2ccccc2F)C(=O)/C1=C\c1ccn(-c2ccccc2)c1. The zero-order chi connectivity index (χ0) is 19.7. The molecule has 3 aromatic rings. The quantitative estimate of drug-likeness (QED) is 0.564. The summed E-state index contributed by atoms with van der Waals surface area (Å²) in [5.41, 5.74) is 1.03. The number of para-hydroxylation sites is 2. The number of nitrogens with one attached hydrogen (secondary N) is 1. The van der Waals surface area contributed by atoms with E-state index in [1.165, 1.54) is 24.3 Å². The fourth-order valence-corrected chi connectivity index (χ4v) is 2.94. The average Bonchev–Trinajstić information content (AvgIpc) is 3.16. The minimum absolute atomic E-state index is 0.217. The molecule has 0 aliphatic carbocycles. The van der Waals surface area contributed by atoms with Crippen LogP contribution in [-0.4, -0.2) is 22.4 Å². The molecular weight excluding hydrogens is 361 g/mol. The van der Waals surface area contributed by atoms with E-state index in [9.17, 15) is 18.8 Å². The maximum absolute atomic E-state index is 14.1. The summed E-state index contributed by atoms with van der Waals surface area (Å²) < 4.78 is 15.9. The molecule has 1 N–H and O–H groups in total. The van der Waals surface area contributed by atoms with Crippen molar-refractivity contribution in [3.05, 3.63) is 90.0 Å². The predicted molar refractivity (Wildman–Crippen MR) is 101 cm³/mol. The summed E-state index contributed by atoms with van der Waals surface area (Å²) >= 11 is 0. The number of halogens is 1. The van der Waals surface area contributed by atoms with Gasteiger partial charge in [0.25, 0.3) is 11.8 Å². The minimum Gasteiger partial charge on any atom is -0.323 e. The summed E-state index contributed by atoms with van der Waals surface area (Å²) in [6.07, 6.45) is 4.90. The summed E-state index contributed by atoms with van der Waals surface area (Å²) in [5.74, 6) is -2.45. The van der Waals surface area contributed by atoms with E-state index in [1.807, 2.05) is 34.9 Å². The average molecular weight is 375 g/mol. The van der Waals surface area contributed by atoms with Gasteiger partial charge in [0.1, 0.15) is 11.4 Å². The van der Waals surface area contributed by atoms with Crippen molar-refractivity contribution in [1.29, 1.82) is 0 Å². The molecule has 0 saturated carbocycles. The predicted octanol–water partition coefficient (Wildman–Crippen LogP) is 3.28. The Kier molecular flexibility index (Phi) is 4.33. The third-order valence-corrected chi connectivity index (χ3v) is 4.28. The van der Waals surface area contributed by atoms with E-state index >= 15 is 0 Å². The topological polar surface area (TPSA) is 71.4 Å². The van der Waals surface area contributed by atoms with Gasteiger partial charge in [-0.1, -0.05) is 30.3 Å². The van der Waals surface area contributed by atoms with Crippen LogP contribution < -0.4 is 10.2 Å². The molecular formula is C21H14FN3O3. The van der Waals surface area contributed by atoms with E-state index in [0.717, 1.165) is 11.8 Å². The molecule has 1 aromatic heterocycles. The van der Waals surface area contributed by atoms with Crippen molar-refractivity contribution < 1.29 is 18.8 Å². The first-order valence-electron chi connectivity index (χ1n) is 8.44. The molecule has 138 valence electrons. The van der Waals surface area contributed by atoms with E-state index in [0.29, 0.717) is 10.5 Å². The van der Waals surface area contributed by atoms with Crippen LogP contribution >= 0.6 is 0 Å². The van der Waals surface area contributed by atoms with E-state index in [1.54, 1.807) is 18.5 Å². The Morgan fingerprint density at radius 3 is 2.36 bits per heavy atom. The van der Waals surface area contributed by atoms with Crippen LogP contribution in [0.25, 0.3) is 11.8 Å². The molecule has 0 unspecified atom stereocenters. The highest BCUT2D eigenvalue weighted by atomic mass is 19.1. The van der Waals surface area contributed by atoms with Crippen LogP contribution in [0, 0.1) is 5.82 Å². The Morgan fingerprint density at radius 1 is 0.893 bits per heavy atom. The van der Waals surface area contributed by atoms with Crippen LogP contribution in [0.1, 0.15) is 5.56 Å². The summed E-state index contributed by atoms with van der Waals surface area (Å²) in [6, 6.07) is 15.6. The highest BCUT2D eigenvalue weighted by Gasteiger charge is 2.37. The van der Waals surface area contributed by atoms with Crippen LogP contribution in [0.3, 0.4) is 0 Å². The van der Waals surface area contributed by atoms with Gasteiger partial charge < -0.3 is 4.57 Å². The van der Waals surface area contributed by atoms with Crippen molar-refractivity contribution in [2.24, 2.45) is 0 Å². The summed E-state index contributed by atoms with van der Waals surface area (Å²) in [7, 11) is 0. The molecule has 0 spiro atoms. The second kappa shape index (κ2) is 6.96. The van der Waals surface area contributed by atoms with Crippen LogP contribution in [-0.2, 0) is 9.59 Å². The van der Waals surface area contributed by atoms with Crippen molar-refractivity contribution in [3.63, 3.8) is 0 Å². The Labute approximate surface area is 159 Å². The zero-order valence-corrected chi connectivity index (χ0v) is 14.5. The zero-order valence-electron chi connectivity index (χ0n) is 14.5. The minimum atomic E-state index is -0.987. The monoisotopic (exact) mass is 375 g/mol. The highest BCUT2D eigenvalue weighted by Crippen LogP contribution is 2.24. The number of amides is 4. The summed E-state index contributed by atoms with van der Waals surface area (Å²) in [6.45, 7) is 0. The molecule has 0 bridgehead atoms. The smallest absolute Gasteiger partial charge is 0.323 e. The first-order chi connectivity index (χ1) is 13.5. The maximum Gasteiger partial charge on any atom is 0.336 e. The number of imide groups is 2. The number of hydrogen-bond donors (Lipinski definition) is 1. The molecule has 0 radical (unpaired) electrons. The van der Waals surface area contributed by atoms with E-state index in [2.05, 4.69) is 5.32 Å². The Morgan fingerprint density at radius 2 is 1.61 bits per heavy atom. The maximum atomic E-state index is 14.1. The third-order valence-electron chi connectivity index (χ3n) is 4.28. The van der Waals surface area contributed by atoms with Gasteiger partial charge in [-0.25, -0.2) is 14.1 Å². The number of hydrogen-bond acceptors (Lipinski definition) is 3. The van der Waals surface area contributed by atoms with Crippen LogP contribution in [0.2, 0.25) is 0 Å². The van der Waals surface area contributed by atoms with Crippen molar-refractivity contribution in [2.45, 2.75) is 0 Å². The van der Waals surface area contributed by atoms with E-state index < -0.39 is 23.7 Å². The van der Waals surface area contributed by atoms with E-state index in [4.69, 9.17) is 0 Å². The fraction of sp³-hybridized carbons (Fsp3) is 0. The first kappa shape index (κ1) is 17.4. The van der Waals surface area contributed by atoms with Crippen LogP contribution in [0.15, 0.2) is 78.6 Å². The van der Waals surface area contributed by atoms with E-state index in [-0.39, 0.29) is 11.3 Å². The number of carbonyl (C=O) groups is 3. The molecule has 1 fully saturated rings. The van der Waals surface area contributed by atoms with Crippen molar-refractivity contribution >= 4 is 29.6 Å². The molecule has 28 heavy (non-hydrogen) atoms. The number of carbonyl (C=O) groups excluding carboxylic acids is 3. The number of rotatable bonds is 3. The normalized spacial score (nSPS) is 15.8. The number of barbiturate groups is 1. The molecule has 1 saturated heterocycles. The fourth-order valence-electron chi connectivity index (χ4n) is 2.94. The second-order valence-corrected chi connectivity index (χ2v) is 6.10. The number of aromatic nitrogens is 1. The van der Waals surface area contributed by atoms with Crippen molar-refractivity contribution in [1.82, 2.24) is 9.88 Å². The standard InChI is InChI=1S/C21H14FN3O3/c22-17-8-4-5-9-18(17)25-20(27)16(19(26)23-21(25)28)12-14-10-11-24(13-14)15-6-2-1-3-7-15/h1-13H,(H,23,26,28)/b16-12-. The highest BCUT2D eigenvalue weighted by molar-refractivity contribution is 6.39. The van der Waals surface area contributed by atoms with Crippen molar-refractivity contribution in [2.75, 3.05) is 4.90 Å². The van der Waals surface area contributed by atoms with Gasteiger partial charge in [0, 0.05) is 18.1 Å². The molecule has 4 rings (SSSR count). The molecule has 4 amide bonds. The van der Waals surface area contributed by atoms with Gasteiger partial charge in [0.15, 0.2) is 0 Å². The molecule has 1 aliphatic heterocycles. The number of benzene rings is 2. The molecule has 2 aromatic carbocycles. The largest absolute Gasteiger partial charge is 0.336 e. The second-order valence-electron chi connectivity index (χ2n) is 6.10. The number of anilines is 1. The molecule has 0 atom stereocenters. The molecule has 7 heteroatoms. The van der Waals surface area contributed by atoms with Gasteiger partial charge in [-0.3, -0.25) is 14.9 Å². The third kappa shape index (κ3) is 3.09. The number of urea groups is 1. The Hall–Kier alpha value is -4.00. The van der Waals surface area contributed by atoms with Gasteiger partial charge >= 0.3 is 6.03 Å². The summed E-state index contributed by atoms with van der Waals surface area (Å²) in [4.78, 5) is 37.7. The lowest BCUT2D eigenvalue weighted by atomic mass is 10.1. The van der Waals surface area contributed by atoms with Gasteiger partial charge in [-0.15, -0.1) is 0 Å². The van der Waals surface area contributed by atoms with Gasteiger partial charge in [-0.05, 0) is 42.0 Å². The molecule has 2 heterocycles.